The molecular weight excluding hydrogens is 368 g/mol. The van der Waals surface area contributed by atoms with E-state index in [1.807, 2.05) is 36.4 Å². The van der Waals surface area contributed by atoms with Gasteiger partial charge in [0.25, 0.3) is 5.24 Å². The van der Waals surface area contributed by atoms with Gasteiger partial charge in [-0.2, -0.15) is 0 Å². The first kappa shape index (κ1) is 19.4. The summed E-state index contributed by atoms with van der Waals surface area (Å²) in [6.45, 7) is 0. The fourth-order valence-electron chi connectivity index (χ4n) is 2.71. The fourth-order valence-corrected chi connectivity index (χ4v) is 2.83. The van der Waals surface area contributed by atoms with E-state index in [2.05, 4.69) is 48.5 Å². The lowest BCUT2D eigenvalue weighted by Gasteiger charge is -2.02. The van der Waals surface area contributed by atoms with Crippen molar-refractivity contribution in [3.05, 3.63) is 115 Å². The van der Waals surface area contributed by atoms with Gasteiger partial charge in [-0.3, -0.25) is 4.79 Å². The van der Waals surface area contributed by atoms with Crippen molar-refractivity contribution in [3.63, 3.8) is 0 Å². The smallest absolute Gasteiger partial charge is 0.252 e. The van der Waals surface area contributed by atoms with Gasteiger partial charge in [0.1, 0.15) is 5.75 Å². The number of carbonyl (C=O) groups is 1. The van der Waals surface area contributed by atoms with Crippen LogP contribution in [0.1, 0.15) is 10.4 Å². The van der Waals surface area contributed by atoms with E-state index in [9.17, 15) is 4.79 Å². The van der Waals surface area contributed by atoms with Crippen LogP contribution in [0, 0.1) is 0 Å². The maximum atomic E-state index is 10.9. The van der Waals surface area contributed by atoms with Gasteiger partial charge >= 0.3 is 0 Å². The van der Waals surface area contributed by atoms with Crippen LogP contribution in [-0.2, 0) is 0 Å². The van der Waals surface area contributed by atoms with E-state index in [0.717, 1.165) is 11.1 Å². The molecule has 0 atom stereocenters. The molecule has 1 N–H and O–H groups in total. The number of hydrogen-bond donors (Lipinski definition) is 1. The van der Waals surface area contributed by atoms with Crippen molar-refractivity contribution >= 4 is 16.8 Å². The maximum Gasteiger partial charge on any atom is 0.252 e. The monoisotopic (exact) mass is 386 g/mol. The minimum absolute atomic E-state index is 0.233. The van der Waals surface area contributed by atoms with Crippen molar-refractivity contribution in [2.45, 2.75) is 0 Å². The molecule has 28 heavy (non-hydrogen) atoms. The zero-order valence-corrected chi connectivity index (χ0v) is 15.9. The Bertz CT molecular complexity index is 972. The summed E-state index contributed by atoms with van der Waals surface area (Å²) in [5.41, 5.74) is 4.98. The van der Waals surface area contributed by atoms with Gasteiger partial charge < -0.3 is 5.11 Å². The van der Waals surface area contributed by atoms with E-state index in [-0.39, 0.29) is 5.75 Å². The molecule has 0 unspecified atom stereocenters. The highest BCUT2D eigenvalue weighted by Gasteiger charge is 2.02. The minimum atomic E-state index is -0.461. The predicted molar refractivity (Wildman–Crippen MR) is 116 cm³/mol. The van der Waals surface area contributed by atoms with Crippen LogP contribution in [0.4, 0.5) is 0 Å². The molecule has 0 spiro atoms. The highest BCUT2D eigenvalue weighted by atomic mass is 35.5. The quantitative estimate of drug-likeness (QED) is 0.393. The van der Waals surface area contributed by atoms with Crippen LogP contribution in [-0.4, -0.2) is 10.3 Å². The second-order valence-electron chi connectivity index (χ2n) is 6.13. The first-order chi connectivity index (χ1) is 13.6. The van der Waals surface area contributed by atoms with Gasteiger partial charge in [0.15, 0.2) is 0 Å². The van der Waals surface area contributed by atoms with Crippen molar-refractivity contribution in [1.82, 2.24) is 0 Å². The molecule has 0 heterocycles. The lowest BCUT2D eigenvalue weighted by Crippen LogP contribution is -1.87. The average molecular weight is 387 g/mol. The zero-order valence-electron chi connectivity index (χ0n) is 15.1. The Kier molecular flexibility index (Phi) is 6.61. The number of phenols is 1. The molecular formula is C25H19ClO2. The van der Waals surface area contributed by atoms with E-state index < -0.39 is 5.24 Å². The van der Waals surface area contributed by atoms with Crippen LogP contribution >= 0.6 is 11.6 Å². The Hall–Kier alpha value is -3.36. The van der Waals surface area contributed by atoms with Crippen molar-refractivity contribution < 1.29 is 9.90 Å². The third-order valence-corrected chi connectivity index (χ3v) is 4.41. The van der Waals surface area contributed by atoms with Gasteiger partial charge in [-0.05, 0) is 58.1 Å². The average Bonchev–Trinajstić information content (AvgIpc) is 2.76. The number of halogens is 1. The van der Waals surface area contributed by atoms with Gasteiger partial charge in [0.2, 0.25) is 0 Å². The summed E-state index contributed by atoms with van der Waals surface area (Å²) in [6.07, 6.45) is 0. The molecule has 138 valence electrons. The molecule has 0 amide bonds. The number of rotatable bonds is 3. The highest BCUT2D eigenvalue weighted by molar-refractivity contribution is 6.67. The largest absolute Gasteiger partial charge is 0.508 e. The molecule has 2 nitrogen and oxygen atoms in total. The maximum absolute atomic E-state index is 10.9. The summed E-state index contributed by atoms with van der Waals surface area (Å²) in [7, 11) is 0. The van der Waals surface area contributed by atoms with Gasteiger partial charge in [0.05, 0.1) is 0 Å². The van der Waals surface area contributed by atoms with E-state index in [1.165, 1.54) is 11.1 Å². The van der Waals surface area contributed by atoms with Crippen LogP contribution in [0.2, 0.25) is 0 Å². The van der Waals surface area contributed by atoms with Crippen LogP contribution in [0.15, 0.2) is 109 Å². The first-order valence-electron chi connectivity index (χ1n) is 8.83. The fraction of sp³-hybridized carbons (Fsp3) is 0. The van der Waals surface area contributed by atoms with Gasteiger partial charge in [0, 0.05) is 5.56 Å². The predicted octanol–water partition coefficient (Wildman–Crippen LogP) is 6.79. The number of hydrogen-bond acceptors (Lipinski definition) is 2. The van der Waals surface area contributed by atoms with E-state index in [4.69, 9.17) is 16.7 Å². The zero-order chi connectivity index (χ0) is 19.8. The topological polar surface area (TPSA) is 37.3 Å². The van der Waals surface area contributed by atoms with Gasteiger partial charge in [-0.1, -0.05) is 84.9 Å². The summed E-state index contributed by atoms with van der Waals surface area (Å²) >= 11 is 5.35. The third kappa shape index (κ3) is 5.32. The lowest BCUT2D eigenvalue weighted by molar-refractivity contribution is 0.108. The normalized spacial score (nSPS) is 9.89. The molecule has 0 aliphatic carbocycles. The Morgan fingerprint density at radius 2 is 0.893 bits per heavy atom. The molecule has 0 saturated heterocycles. The molecule has 4 aromatic rings. The summed E-state index contributed by atoms with van der Waals surface area (Å²) in [6, 6.07) is 34.6. The van der Waals surface area contributed by atoms with E-state index >= 15 is 0 Å². The number of aromatic hydroxyl groups is 1. The van der Waals surface area contributed by atoms with Gasteiger partial charge in [-0.25, -0.2) is 0 Å². The summed E-state index contributed by atoms with van der Waals surface area (Å²) in [5.74, 6) is 0.233. The number of benzene rings is 4. The summed E-state index contributed by atoms with van der Waals surface area (Å²) < 4.78 is 0. The van der Waals surface area contributed by atoms with Crippen molar-refractivity contribution in [3.8, 4) is 28.0 Å². The van der Waals surface area contributed by atoms with Crippen LogP contribution in [0.25, 0.3) is 22.3 Å². The second-order valence-corrected chi connectivity index (χ2v) is 6.47. The minimum Gasteiger partial charge on any atom is -0.508 e. The Morgan fingerprint density at radius 3 is 1.29 bits per heavy atom. The summed E-state index contributed by atoms with van der Waals surface area (Å²) in [4.78, 5) is 10.9. The Labute approximate surface area is 169 Å². The highest BCUT2D eigenvalue weighted by Crippen LogP contribution is 2.22. The number of carbonyl (C=O) groups excluding carboxylic acids is 1. The SMILES string of the molecule is O=C(Cl)c1ccc(-c2ccc(O)cc2)cc1.c1ccc(-c2ccccc2)cc1. The van der Waals surface area contributed by atoms with E-state index in [1.54, 1.807) is 24.3 Å². The summed E-state index contributed by atoms with van der Waals surface area (Å²) in [5, 5.41) is 8.70. The molecule has 4 aromatic carbocycles. The number of phenolic OH excluding ortho intramolecular Hbond substituents is 1. The molecule has 0 radical (unpaired) electrons. The van der Waals surface area contributed by atoms with Gasteiger partial charge in [-0.15, -0.1) is 0 Å². The Morgan fingerprint density at radius 1 is 0.536 bits per heavy atom. The molecule has 0 aliphatic rings. The van der Waals surface area contributed by atoms with E-state index in [0.29, 0.717) is 5.56 Å². The van der Waals surface area contributed by atoms with Crippen LogP contribution < -0.4 is 0 Å². The van der Waals surface area contributed by atoms with Crippen molar-refractivity contribution in [2.24, 2.45) is 0 Å². The Balaban J connectivity index is 0.000000167. The third-order valence-electron chi connectivity index (χ3n) is 4.19. The molecule has 3 heteroatoms. The first-order valence-corrected chi connectivity index (χ1v) is 9.21. The molecule has 4 rings (SSSR count). The van der Waals surface area contributed by atoms with Crippen LogP contribution in [0.5, 0.6) is 5.75 Å². The molecule has 0 saturated carbocycles. The van der Waals surface area contributed by atoms with Crippen molar-refractivity contribution in [1.29, 1.82) is 0 Å². The standard InChI is InChI=1S/C13H9ClO2.C12H10/c14-13(16)11-3-1-9(2-4-11)10-5-7-12(15)8-6-10;1-3-7-11(8-4-1)12-9-5-2-6-10-12/h1-8,15H;1-10H. The molecule has 0 fully saturated rings. The second kappa shape index (κ2) is 9.54. The van der Waals surface area contributed by atoms with Crippen molar-refractivity contribution in [2.75, 3.05) is 0 Å². The lowest BCUT2D eigenvalue weighted by atomic mass is 10.0. The molecule has 0 aromatic heterocycles. The van der Waals surface area contributed by atoms with Crippen LogP contribution in [0.3, 0.4) is 0 Å². The molecule has 0 aliphatic heterocycles. The molecule has 0 bridgehead atoms.